The molecule has 0 aliphatic carbocycles. The number of nitrogens with two attached hydrogens (primary N) is 1. The van der Waals surface area contributed by atoms with E-state index in [0.29, 0.717) is 21.6 Å². The fourth-order valence-electron chi connectivity index (χ4n) is 3.77. The summed E-state index contributed by atoms with van der Waals surface area (Å²) in [5, 5.41) is 18.2. The van der Waals surface area contributed by atoms with Gasteiger partial charge in [0.1, 0.15) is 22.0 Å². The molecular formula is C22H16N4O4S2. The maximum Gasteiger partial charge on any atom is 0.339 e. The Balaban J connectivity index is 1.87. The predicted molar refractivity (Wildman–Crippen MR) is 124 cm³/mol. The van der Waals surface area contributed by atoms with Gasteiger partial charge in [-0.1, -0.05) is 18.2 Å². The number of methoxy groups -OCH3 is 1. The second-order valence-corrected chi connectivity index (χ2v) is 8.97. The summed E-state index contributed by atoms with van der Waals surface area (Å²) in [5.74, 6) is -1.56. The lowest BCUT2D eigenvalue weighted by Crippen LogP contribution is -2.28. The number of ether oxygens (including phenoxy) is 1. The number of benzene rings is 2. The highest BCUT2D eigenvalue weighted by Gasteiger charge is 2.30. The summed E-state index contributed by atoms with van der Waals surface area (Å²) in [7, 11) is 1.42. The Hall–Kier alpha value is -3.76. The third-order valence-corrected chi connectivity index (χ3v) is 7.07. The van der Waals surface area contributed by atoms with Crippen molar-refractivity contribution >= 4 is 55.5 Å². The minimum atomic E-state index is -1.12. The van der Waals surface area contributed by atoms with Crippen LogP contribution in [0.1, 0.15) is 21.4 Å². The van der Waals surface area contributed by atoms with Gasteiger partial charge in [0.2, 0.25) is 5.91 Å². The second kappa shape index (κ2) is 7.74. The van der Waals surface area contributed by atoms with Crippen LogP contribution in [0.25, 0.3) is 31.6 Å². The van der Waals surface area contributed by atoms with Gasteiger partial charge in [0.25, 0.3) is 0 Å². The minimum Gasteiger partial charge on any atom is -0.495 e. The van der Waals surface area contributed by atoms with Gasteiger partial charge >= 0.3 is 5.97 Å². The molecule has 160 valence electrons. The Morgan fingerprint density at radius 2 is 2.03 bits per heavy atom. The van der Waals surface area contributed by atoms with E-state index >= 15 is 0 Å². The lowest BCUT2D eigenvalue weighted by Gasteiger charge is -2.13. The van der Waals surface area contributed by atoms with Gasteiger partial charge in [0, 0.05) is 16.3 Å². The average molecular weight is 465 g/mol. The van der Waals surface area contributed by atoms with E-state index in [0.717, 1.165) is 15.0 Å². The van der Waals surface area contributed by atoms with Crippen LogP contribution in [0.2, 0.25) is 0 Å². The number of carboxylic acids is 1. The molecule has 0 saturated heterocycles. The molecule has 3 N–H and O–H groups in total. The van der Waals surface area contributed by atoms with Crippen LogP contribution in [-0.2, 0) is 4.79 Å². The molecule has 1 unspecified atom stereocenters. The Morgan fingerprint density at radius 1 is 1.22 bits per heavy atom. The van der Waals surface area contributed by atoms with Crippen molar-refractivity contribution in [2.24, 2.45) is 5.73 Å². The fraction of sp³-hybridized carbons (Fsp3) is 0.0909. The molecule has 8 nitrogen and oxygen atoms in total. The molecule has 0 aliphatic heterocycles. The smallest absolute Gasteiger partial charge is 0.339 e. The highest BCUT2D eigenvalue weighted by Crippen LogP contribution is 2.42. The molecule has 10 heteroatoms. The molecule has 3 aromatic heterocycles. The zero-order chi connectivity index (χ0) is 22.4. The van der Waals surface area contributed by atoms with Crippen LogP contribution in [0.4, 0.5) is 0 Å². The number of hydrogen-bond donors (Lipinski definition) is 2. The number of rotatable bonds is 6. The van der Waals surface area contributed by atoms with Gasteiger partial charge in [-0.15, -0.1) is 22.7 Å². The number of aromatic nitrogens is 3. The number of carbonyl (C=O) groups excluding carboxylic acids is 1. The van der Waals surface area contributed by atoms with Crippen molar-refractivity contribution in [3.05, 3.63) is 64.6 Å². The molecule has 1 amide bonds. The second-order valence-electron chi connectivity index (χ2n) is 6.96. The number of aromatic carboxylic acids is 1. The lowest BCUT2D eigenvalue weighted by molar-refractivity contribution is -0.120. The summed E-state index contributed by atoms with van der Waals surface area (Å²) in [5.41, 5.74) is 6.80. The number of carbonyl (C=O) groups is 2. The van der Waals surface area contributed by atoms with Crippen LogP contribution in [0, 0.1) is 0 Å². The van der Waals surface area contributed by atoms with Crippen LogP contribution in [0.15, 0.2) is 54.0 Å². The third-order valence-electron chi connectivity index (χ3n) is 5.12. The molecule has 2 aromatic carbocycles. The number of thiazole rings is 1. The lowest BCUT2D eigenvalue weighted by atomic mass is 10.1. The topological polar surface area (TPSA) is 120 Å². The first-order valence-electron chi connectivity index (χ1n) is 9.49. The Bertz CT molecular complexity index is 1450. The molecule has 5 rings (SSSR count). The van der Waals surface area contributed by atoms with Crippen molar-refractivity contribution in [1.29, 1.82) is 0 Å². The van der Waals surface area contributed by atoms with Crippen LogP contribution < -0.4 is 10.5 Å². The van der Waals surface area contributed by atoms with Gasteiger partial charge in [0.15, 0.2) is 6.04 Å². The largest absolute Gasteiger partial charge is 0.495 e. The Morgan fingerprint density at radius 3 is 2.69 bits per heavy atom. The molecule has 0 aliphatic rings. The Labute approximate surface area is 189 Å². The summed E-state index contributed by atoms with van der Waals surface area (Å²) in [6.07, 6.45) is 1.59. The number of nitrogens with zero attached hydrogens (tertiary/aromatic N) is 3. The van der Waals surface area contributed by atoms with Crippen molar-refractivity contribution in [2.75, 3.05) is 7.11 Å². The third kappa shape index (κ3) is 3.12. The standard InChI is InChI=1S/C22H16N4O4S2/c1-30-19-12(22(28)29)6-7-13-16(19)17(15-10-11-4-2-3-5-14(11)32-15)25-26(13)18(20(23)27)21-24-8-9-31-21/h2-10,18H,1H3,(H2,23,27)(H,28,29). The highest BCUT2D eigenvalue weighted by molar-refractivity contribution is 7.22. The number of fused-ring (bicyclic) bond motifs is 2. The summed E-state index contributed by atoms with van der Waals surface area (Å²) >= 11 is 2.82. The quantitative estimate of drug-likeness (QED) is 0.389. The van der Waals surface area contributed by atoms with E-state index in [1.54, 1.807) is 17.6 Å². The van der Waals surface area contributed by atoms with Crippen molar-refractivity contribution < 1.29 is 19.4 Å². The number of primary amides is 1. The molecule has 0 bridgehead atoms. The first-order chi connectivity index (χ1) is 15.5. The predicted octanol–water partition coefficient (Wildman–Crippen LogP) is 4.16. The summed E-state index contributed by atoms with van der Waals surface area (Å²) < 4.78 is 8.11. The van der Waals surface area contributed by atoms with Crippen LogP contribution in [0.3, 0.4) is 0 Å². The van der Waals surface area contributed by atoms with E-state index in [2.05, 4.69) is 4.98 Å². The van der Waals surface area contributed by atoms with Crippen molar-refractivity contribution in [1.82, 2.24) is 14.8 Å². The molecule has 0 spiro atoms. The van der Waals surface area contributed by atoms with Gasteiger partial charge in [-0.25, -0.2) is 14.5 Å². The van der Waals surface area contributed by atoms with Crippen LogP contribution in [0.5, 0.6) is 5.75 Å². The van der Waals surface area contributed by atoms with E-state index in [1.807, 2.05) is 30.3 Å². The van der Waals surface area contributed by atoms with Gasteiger partial charge in [-0.3, -0.25) is 4.79 Å². The van der Waals surface area contributed by atoms with Crippen LogP contribution in [-0.4, -0.2) is 38.9 Å². The fourth-order valence-corrected chi connectivity index (χ4v) is 5.55. The normalized spacial score (nSPS) is 12.3. The molecule has 3 heterocycles. The van der Waals surface area contributed by atoms with E-state index < -0.39 is 17.9 Å². The highest BCUT2D eigenvalue weighted by atomic mass is 32.1. The molecule has 0 radical (unpaired) electrons. The van der Waals surface area contributed by atoms with E-state index in [9.17, 15) is 14.7 Å². The maximum absolute atomic E-state index is 12.5. The SMILES string of the molecule is COc1c(C(=O)O)ccc2c1c(-c1cc3ccccc3s1)nn2C(C(N)=O)c1nccs1. The van der Waals surface area contributed by atoms with Gasteiger partial charge < -0.3 is 15.6 Å². The van der Waals surface area contributed by atoms with Crippen molar-refractivity contribution in [3.63, 3.8) is 0 Å². The number of amides is 1. The number of carboxylic acid groups (broad SMARTS) is 1. The number of thiophene rings is 1. The molecule has 32 heavy (non-hydrogen) atoms. The summed E-state index contributed by atoms with van der Waals surface area (Å²) in [4.78, 5) is 29.4. The van der Waals surface area contributed by atoms with Crippen molar-refractivity contribution in [3.8, 4) is 16.3 Å². The average Bonchev–Trinajstić information content (AvgIpc) is 3.51. The van der Waals surface area contributed by atoms with Crippen molar-refractivity contribution in [2.45, 2.75) is 6.04 Å². The van der Waals surface area contributed by atoms with Gasteiger partial charge in [-0.2, -0.15) is 5.10 Å². The van der Waals surface area contributed by atoms with E-state index in [-0.39, 0.29) is 11.3 Å². The molecule has 1 atom stereocenters. The Kier molecular flexibility index (Phi) is 4.87. The molecule has 0 saturated carbocycles. The minimum absolute atomic E-state index is 0.00628. The van der Waals surface area contributed by atoms with E-state index in [1.165, 1.54) is 40.5 Å². The first kappa shape index (κ1) is 20.2. The van der Waals surface area contributed by atoms with E-state index in [4.69, 9.17) is 15.6 Å². The molecular weight excluding hydrogens is 448 g/mol. The molecule has 5 aromatic rings. The van der Waals surface area contributed by atoms with Crippen LogP contribution >= 0.6 is 22.7 Å². The first-order valence-corrected chi connectivity index (χ1v) is 11.2. The van der Waals surface area contributed by atoms with Gasteiger partial charge in [0.05, 0.1) is 22.9 Å². The maximum atomic E-state index is 12.5. The number of hydrogen-bond acceptors (Lipinski definition) is 7. The summed E-state index contributed by atoms with van der Waals surface area (Å²) in [6, 6.07) is 12.0. The zero-order valence-corrected chi connectivity index (χ0v) is 18.3. The summed E-state index contributed by atoms with van der Waals surface area (Å²) in [6.45, 7) is 0. The van der Waals surface area contributed by atoms with Gasteiger partial charge in [-0.05, 0) is 29.7 Å². The monoisotopic (exact) mass is 464 g/mol. The zero-order valence-electron chi connectivity index (χ0n) is 16.7. The molecule has 0 fully saturated rings.